The normalized spacial score (nSPS) is 14.9. The van der Waals surface area contributed by atoms with E-state index in [0.717, 1.165) is 31.2 Å². The summed E-state index contributed by atoms with van der Waals surface area (Å²) in [6, 6.07) is 18.7. The van der Waals surface area contributed by atoms with Gasteiger partial charge in [-0.15, -0.1) is 0 Å². The molecule has 0 aliphatic heterocycles. The molecule has 31 heavy (non-hydrogen) atoms. The lowest BCUT2D eigenvalue weighted by Gasteiger charge is -2.28. The molecule has 1 aromatic heterocycles. The monoisotopic (exact) mass is 454 g/mol. The number of aliphatic hydroxyl groups excluding tert-OH is 1. The fourth-order valence-corrected chi connectivity index (χ4v) is 4.59. The molecule has 1 heterocycles. The topological polar surface area (TPSA) is 74.5 Å². The maximum absolute atomic E-state index is 13.2. The SMILES string of the molecule is O=C(NC(=S)Nc1ccc(Cl)c(-c2ccc(CO)o2)c1)C1(c2ccccc2)CCCC1. The number of rotatable bonds is 5. The zero-order chi connectivity index (χ0) is 21.8. The number of hydrogen-bond acceptors (Lipinski definition) is 4. The fourth-order valence-electron chi connectivity index (χ4n) is 4.17. The highest BCUT2D eigenvalue weighted by Gasteiger charge is 2.42. The van der Waals surface area contributed by atoms with Crippen LogP contribution in [0.1, 0.15) is 37.0 Å². The predicted octanol–water partition coefficient (Wildman–Crippen LogP) is 5.42. The van der Waals surface area contributed by atoms with Gasteiger partial charge in [0.25, 0.3) is 0 Å². The molecule has 0 radical (unpaired) electrons. The number of furan rings is 1. The van der Waals surface area contributed by atoms with Gasteiger partial charge >= 0.3 is 0 Å². The van der Waals surface area contributed by atoms with E-state index in [1.807, 2.05) is 30.3 Å². The maximum atomic E-state index is 13.2. The summed E-state index contributed by atoms with van der Waals surface area (Å²) in [5.41, 5.74) is 1.82. The molecule has 2 aromatic carbocycles. The zero-order valence-corrected chi connectivity index (χ0v) is 18.4. The second-order valence-electron chi connectivity index (χ2n) is 7.68. The van der Waals surface area contributed by atoms with Crippen LogP contribution in [0, 0.1) is 0 Å². The van der Waals surface area contributed by atoms with E-state index in [1.54, 1.807) is 30.3 Å². The van der Waals surface area contributed by atoms with Gasteiger partial charge in [-0.2, -0.15) is 0 Å². The largest absolute Gasteiger partial charge is 0.459 e. The lowest BCUT2D eigenvalue weighted by molar-refractivity contribution is -0.125. The van der Waals surface area contributed by atoms with Gasteiger partial charge < -0.3 is 20.2 Å². The van der Waals surface area contributed by atoms with Crippen molar-refractivity contribution in [3.05, 3.63) is 77.0 Å². The van der Waals surface area contributed by atoms with Crippen molar-refractivity contribution in [1.82, 2.24) is 5.32 Å². The fraction of sp³-hybridized carbons (Fsp3) is 0.250. The summed E-state index contributed by atoms with van der Waals surface area (Å²) in [6.45, 7) is -0.186. The molecule has 0 bridgehead atoms. The molecular weight excluding hydrogens is 432 g/mol. The number of thiocarbonyl (C=S) groups is 1. The molecule has 3 aromatic rings. The molecule has 0 saturated heterocycles. The van der Waals surface area contributed by atoms with E-state index in [2.05, 4.69) is 10.6 Å². The van der Waals surface area contributed by atoms with Crippen molar-refractivity contribution in [2.24, 2.45) is 0 Å². The van der Waals surface area contributed by atoms with Crippen LogP contribution in [0.4, 0.5) is 5.69 Å². The molecule has 160 valence electrons. The van der Waals surface area contributed by atoms with E-state index in [0.29, 0.717) is 27.8 Å². The van der Waals surface area contributed by atoms with Crippen molar-refractivity contribution in [1.29, 1.82) is 0 Å². The first-order valence-electron chi connectivity index (χ1n) is 10.2. The van der Waals surface area contributed by atoms with Crippen LogP contribution in [0.5, 0.6) is 0 Å². The number of anilines is 1. The number of nitrogens with one attached hydrogen (secondary N) is 2. The van der Waals surface area contributed by atoms with Crippen molar-refractivity contribution in [3.8, 4) is 11.3 Å². The van der Waals surface area contributed by atoms with Crippen molar-refractivity contribution in [2.45, 2.75) is 37.7 Å². The number of benzene rings is 2. The summed E-state index contributed by atoms with van der Waals surface area (Å²) in [5, 5.41) is 15.9. The molecule has 5 nitrogen and oxygen atoms in total. The van der Waals surface area contributed by atoms with Gasteiger partial charge in [-0.25, -0.2) is 0 Å². The Hall–Kier alpha value is -2.67. The summed E-state index contributed by atoms with van der Waals surface area (Å²) in [7, 11) is 0. The quantitative estimate of drug-likeness (QED) is 0.449. The van der Waals surface area contributed by atoms with Gasteiger partial charge in [0.2, 0.25) is 5.91 Å². The Balaban J connectivity index is 1.50. The summed E-state index contributed by atoms with van der Waals surface area (Å²) in [5.74, 6) is 0.915. The average molecular weight is 455 g/mol. The van der Waals surface area contributed by atoms with Crippen LogP contribution in [-0.2, 0) is 16.8 Å². The number of aliphatic hydroxyl groups is 1. The summed E-state index contributed by atoms with van der Waals surface area (Å²) >= 11 is 11.8. The Kier molecular flexibility index (Phi) is 6.41. The predicted molar refractivity (Wildman–Crippen MR) is 126 cm³/mol. The smallest absolute Gasteiger partial charge is 0.236 e. The second kappa shape index (κ2) is 9.22. The van der Waals surface area contributed by atoms with Gasteiger partial charge in [0, 0.05) is 11.3 Å². The Labute approximate surface area is 191 Å². The van der Waals surface area contributed by atoms with Crippen LogP contribution in [0.2, 0.25) is 5.02 Å². The van der Waals surface area contributed by atoms with E-state index < -0.39 is 5.41 Å². The molecule has 1 amide bonds. The van der Waals surface area contributed by atoms with Crippen molar-refractivity contribution < 1.29 is 14.3 Å². The van der Waals surface area contributed by atoms with Gasteiger partial charge in [-0.3, -0.25) is 4.79 Å². The first kappa shape index (κ1) is 21.6. The minimum Gasteiger partial charge on any atom is -0.459 e. The minimum absolute atomic E-state index is 0.0819. The maximum Gasteiger partial charge on any atom is 0.236 e. The standard InChI is InChI=1S/C24H23ClN2O3S/c25-20-10-8-17(14-19(20)21-11-9-18(15-28)30-21)26-23(31)27-22(29)24(12-4-5-13-24)16-6-2-1-3-7-16/h1-3,6-11,14,28H,4-5,12-13,15H2,(H2,26,27,29,31). The highest BCUT2D eigenvalue weighted by Crippen LogP contribution is 2.41. The van der Waals surface area contributed by atoms with Crippen molar-refractivity contribution in [2.75, 3.05) is 5.32 Å². The van der Waals surface area contributed by atoms with Crippen LogP contribution in [0.3, 0.4) is 0 Å². The van der Waals surface area contributed by atoms with Gasteiger partial charge in [0.15, 0.2) is 5.11 Å². The average Bonchev–Trinajstić information content (AvgIpc) is 3.46. The lowest BCUT2D eigenvalue weighted by Crippen LogP contribution is -2.46. The van der Waals surface area contributed by atoms with E-state index in [1.165, 1.54) is 0 Å². The van der Waals surface area contributed by atoms with Gasteiger partial charge in [0.05, 0.1) is 10.4 Å². The third-order valence-corrected chi connectivity index (χ3v) is 6.29. The third-order valence-electron chi connectivity index (χ3n) is 5.75. The Morgan fingerprint density at radius 3 is 2.52 bits per heavy atom. The Bertz CT molecular complexity index is 1090. The van der Waals surface area contributed by atoms with Crippen molar-refractivity contribution >= 4 is 40.5 Å². The van der Waals surface area contributed by atoms with Crippen molar-refractivity contribution in [3.63, 3.8) is 0 Å². The molecular formula is C24H23ClN2O3S. The summed E-state index contributed by atoms with van der Waals surface area (Å²) < 4.78 is 5.59. The van der Waals surface area contributed by atoms with E-state index in [4.69, 9.17) is 28.2 Å². The summed E-state index contributed by atoms with van der Waals surface area (Å²) in [4.78, 5) is 13.2. The molecule has 4 rings (SSSR count). The van der Waals surface area contributed by atoms with Crippen LogP contribution >= 0.6 is 23.8 Å². The molecule has 7 heteroatoms. The number of carbonyl (C=O) groups is 1. The molecule has 0 atom stereocenters. The molecule has 1 aliphatic carbocycles. The molecule has 0 spiro atoms. The van der Waals surface area contributed by atoms with Gasteiger partial charge in [-0.05, 0) is 61.0 Å². The first-order chi connectivity index (χ1) is 15.0. The van der Waals surface area contributed by atoms with E-state index in [9.17, 15) is 9.90 Å². The van der Waals surface area contributed by atoms with E-state index in [-0.39, 0.29) is 17.6 Å². The summed E-state index contributed by atoms with van der Waals surface area (Å²) in [6.07, 6.45) is 3.65. The van der Waals surface area contributed by atoms with Crippen LogP contribution < -0.4 is 10.6 Å². The molecule has 1 fully saturated rings. The van der Waals surface area contributed by atoms with Gasteiger partial charge in [-0.1, -0.05) is 54.8 Å². The Morgan fingerprint density at radius 2 is 1.84 bits per heavy atom. The Morgan fingerprint density at radius 1 is 1.10 bits per heavy atom. The third kappa shape index (κ3) is 4.51. The molecule has 1 aliphatic rings. The van der Waals surface area contributed by atoms with Crippen LogP contribution in [0.15, 0.2) is 65.1 Å². The number of halogens is 1. The minimum atomic E-state index is -0.549. The molecule has 1 saturated carbocycles. The first-order valence-corrected chi connectivity index (χ1v) is 11.0. The van der Waals surface area contributed by atoms with Gasteiger partial charge in [0.1, 0.15) is 18.1 Å². The molecule has 3 N–H and O–H groups in total. The van der Waals surface area contributed by atoms with Crippen LogP contribution in [-0.4, -0.2) is 16.1 Å². The number of hydrogen-bond donors (Lipinski definition) is 3. The number of carbonyl (C=O) groups excluding carboxylic acids is 1. The lowest BCUT2D eigenvalue weighted by atomic mass is 9.78. The molecule has 0 unspecified atom stereocenters. The zero-order valence-electron chi connectivity index (χ0n) is 16.9. The highest BCUT2D eigenvalue weighted by atomic mass is 35.5. The van der Waals surface area contributed by atoms with Crippen LogP contribution in [0.25, 0.3) is 11.3 Å². The highest BCUT2D eigenvalue weighted by molar-refractivity contribution is 7.80. The van der Waals surface area contributed by atoms with E-state index >= 15 is 0 Å². The second-order valence-corrected chi connectivity index (χ2v) is 8.50. The number of amides is 1.